The molecule has 0 aromatic carbocycles. The molecule has 0 unspecified atom stereocenters. The lowest BCUT2D eigenvalue weighted by molar-refractivity contribution is 0.0890. The molecule has 3 nitrogen and oxygen atoms in total. The fourth-order valence-corrected chi connectivity index (χ4v) is 1.82. The lowest BCUT2D eigenvalue weighted by atomic mass is 10.1. The summed E-state index contributed by atoms with van der Waals surface area (Å²) in [4.78, 5) is 4.04. The molecule has 1 aromatic heterocycles. The van der Waals surface area contributed by atoms with Crippen LogP contribution in [0.4, 0.5) is 0 Å². The van der Waals surface area contributed by atoms with Crippen LogP contribution < -0.4 is 5.59 Å². The molecule has 78 valence electrons. The molecule has 5 heteroatoms. The highest BCUT2D eigenvalue weighted by molar-refractivity contribution is 6.76. The number of hydrogen-bond donors (Lipinski definition) is 0. The van der Waals surface area contributed by atoms with Crippen LogP contribution in [0.15, 0.2) is 12.5 Å². The van der Waals surface area contributed by atoms with Crippen molar-refractivity contribution in [3.05, 3.63) is 12.5 Å². The van der Waals surface area contributed by atoms with E-state index in [9.17, 15) is 0 Å². The Balaban J connectivity index is 2.20. The van der Waals surface area contributed by atoms with Crippen molar-refractivity contribution in [2.45, 2.75) is 32.4 Å². The van der Waals surface area contributed by atoms with E-state index in [4.69, 9.17) is 4.74 Å². The second-order valence-electron chi connectivity index (χ2n) is 4.85. The monoisotopic (exact) mass is 210 g/mol. The van der Waals surface area contributed by atoms with Crippen LogP contribution >= 0.6 is 0 Å². The molecule has 0 aliphatic carbocycles. The number of ether oxygens (including phenoxy) is 1. The average Bonchev–Trinajstić information content (AvgIpc) is 2.44. The van der Waals surface area contributed by atoms with Crippen molar-refractivity contribution >= 4 is 21.5 Å². The van der Waals surface area contributed by atoms with Gasteiger partial charge in [0.1, 0.15) is 6.73 Å². The van der Waals surface area contributed by atoms with E-state index in [-0.39, 0.29) is 0 Å². The highest BCUT2D eigenvalue weighted by Crippen LogP contribution is 2.07. The fraction of sp³-hybridized carbons (Fsp3) is 0.667. The topological polar surface area (TPSA) is 27.1 Å². The second kappa shape index (κ2) is 4.80. The third-order valence-corrected chi connectivity index (χ3v) is 3.85. The molecule has 14 heavy (non-hydrogen) atoms. The Morgan fingerprint density at radius 2 is 2.21 bits per heavy atom. The molecule has 0 aliphatic heterocycles. The van der Waals surface area contributed by atoms with Crippen LogP contribution in [-0.4, -0.2) is 32.1 Å². The summed E-state index contributed by atoms with van der Waals surface area (Å²) in [6.45, 7) is 8.58. The van der Waals surface area contributed by atoms with Crippen molar-refractivity contribution in [1.29, 1.82) is 0 Å². The van der Waals surface area contributed by atoms with Crippen LogP contribution in [0.1, 0.15) is 0 Å². The average molecular weight is 210 g/mol. The molecule has 0 atom stereocenters. The molecule has 0 spiro atoms. The van der Waals surface area contributed by atoms with Crippen molar-refractivity contribution in [3.63, 3.8) is 0 Å². The molecule has 0 aliphatic rings. The third-order valence-electron chi connectivity index (χ3n) is 2.15. The minimum atomic E-state index is -0.943. The van der Waals surface area contributed by atoms with Crippen molar-refractivity contribution in [3.8, 4) is 0 Å². The molecule has 0 saturated heterocycles. The highest BCUT2D eigenvalue weighted by atomic mass is 28.3. The van der Waals surface area contributed by atoms with Gasteiger partial charge in [-0.05, 0) is 11.6 Å². The van der Waals surface area contributed by atoms with Gasteiger partial charge in [0.05, 0.1) is 6.33 Å². The Bertz CT molecular complexity index is 283. The minimum absolute atomic E-state index is 0.635. The van der Waals surface area contributed by atoms with Crippen molar-refractivity contribution in [1.82, 2.24) is 9.55 Å². The summed E-state index contributed by atoms with van der Waals surface area (Å²) in [6.07, 6.45) is 3.66. The van der Waals surface area contributed by atoms with E-state index in [1.54, 1.807) is 0 Å². The number of aromatic nitrogens is 2. The maximum Gasteiger partial charge on any atom is 0.163 e. The van der Waals surface area contributed by atoms with Gasteiger partial charge in [-0.25, -0.2) is 4.98 Å². The molecular formula is C9H19BN2OSi. The van der Waals surface area contributed by atoms with E-state index < -0.39 is 8.07 Å². The first-order chi connectivity index (χ1) is 6.49. The summed E-state index contributed by atoms with van der Waals surface area (Å²) < 4.78 is 7.61. The smallest absolute Gasteiger partial charge is 0.163 e. The second-order valence-corrected chi connectivity index (χ2v) is 10.5. The van der Waals surface area contributed by atoms with Crippen LogP contribution in [0, 0.1) is 0 Å². The summed E-state index contributed by atoms with van der Waals surface area (Å²) in [5.74, 6) is 0. The maximum absolute atomic E-state index is 5.59. The Labute approximate surface area is 87.9 Å². The van der Waals surface area contributed by atoms with Gasteiger partial charge in [-0.3, -0.25) is 0 Å². The van der Waals surface area contributed by atoms with Crippen LogP contribution in [-0.2, 0) is 11.5 Å². The predicted molar refractivity (Wildman–Crippen MR) is 64.5 cm³/mol. The number of rotatable bonds is 5. The molecule has 1 rings (SSSR count). The normalized spacial score (nSPS) is 11.9. The van der Waals surface area contributed by atoms with Crippen molar-refractivity contribution in [2.75, 3.05) is 6.61 Å². The summed E-state index contributed by atoms with van der Waals surface area (Å²) in [6, 6.07) is 1.22. The maximum atomic E-state index is 5.59. The highest BCUT2D eigenvalue weighted by Gasteiger charge is 2.11. The quantitative estimate of drug-likeness (QED) is 0.521. The fourth-order valence-electron chi connectivity index (χ4n) is 1.06. The lowest BCUT2D eigenvalue weighted by Gasteiger charge is -2.15. The van der Waals surface area contributed by atoms with Crippen molar-refractivity contribution < 1.29 is 4.74 Å². The van der Waals surface area contributed by atoms with E-state index in [0.29, 0.717) is 6.73 Å². The molecule has 1 aromatic rings. The SMILES string of the molecule is Bc1cncn1COCC[Si](C)(C)C. The number of imidazole rings is 1. The van der Waals surface area contributed by atoms with Gasteiger partial charge in [0.2, 0.25) is 0 Å². The summed E-state index contributed by atoms with van der Waals surface area (Å²) >= 11 is 0. The van der Waals surface area contributed by atoms with Crippen molar-refractivity contribution in [2.24, 2.45) is 0 Å². The van der Waals surface area contributed by atoms with Gasteiger partial charge < -0.3 is 9.30 Å². The predicted octanol–water partition coefficient (Wildman–Crippen LogP) is 0.454. The molecule has 0 amide bonds. The van der Waals surface area contributed by atoms with Gasteiger partial charge in [-0.1, -0.05) is 19.6 Å². The van der Waals surface area contributed by atoms with Gasteiger partial charge in [-0.2, -0.15) is 0 Å². The zero-order valence-corrected chi connectivity index (χ0v) is 10.6. The molecule has 0 saturated carbocycles. The van der Waals surface area contributed by atoms with E-state index in [1.165, 1.54) is 6.04 Å². The summed E-state index contributed by atoms with van der Waals surface area (Å²) in [7, 11) is 1.09. The molecule has 0 N–H and O–H groups in total. The van der Waals surface area contributed by atoms with E-state index in [0.717, 1.165) is 12.2 Å². The first kappa shape index (κ1) is 11.5. The van der Waals surface area contributed by atoms with Gasteiger partial charge in [0, 0.05) is 20.9 Å². The van der Waals surface area contributed by atoms with E-state index >= 15 is 0 Å². The number of nitrogens with zero attached hydrogens (tertiary/aromatic N) is 2. The molecular weight excluding hydrogens is 191 g/mol. The van der Waals surface area contributed by atoms with Gasteiger partial charge in [-0.15, -0.1) is 0 Å². The minimum Gasteiger partial charge on any atom is -0.361 e. The molecule has 0 fully saturated rings. The summed E-state index contributed by atoms with van der Waals surface area (Å²) in [5, 5.41) is 0. The first-order valence-corrected chi connectivity index (χ1v) is 8.74. The Morgan fingerprint density at radius 3 is 2.71 bits per heavy atom. The molecule has 0 radical (unpaired) electrons. The zero-order chi connectivity index (χ0) is 10.6. The Kier molecular flexibility index (Phi) is 3.95. The standard InChI is InChI=1S/C9H19BN2OSi/c1-14(2,3)5-4-13-8-12-7-11-6-9(12)10/h6-7H,4-5,8,10H2,1-3H3. The van der Waals surface area contributed by atoms with Gasteiger partial charge in [0.15, 0.2) is 7.85 Å². The van der Waals surface area contributed by atoms with Crippen LogP contribution in [0.5, 0.6) is 0 Å². The van der Waals surface area contributed by atoms with E-state index in [1.807, 2.05) is 24.9 Å². The molecule has 0 bridgehead atoms. The summed E-state index contributed by atoms with van der Waals surface area (Å²) in [5.41, 5.74) is 1.15. The van der Waals surface area contributed by atoms with Crippen LogP contribution in [0.25, 0.3) is 0 Å². The third kappa shape index (κ3) is 4.11. The van der Waals surface area contributed by atoms with Crippen LogP contribution in [0.3, 0.4) is 0 Å². The van der Waals surface area contributed by atoms with Gasteiger partial charge >= 0.3 is 0 Å². The first-order valence-electron chi connectivity index (χ1n) is 5.03. The molecule has 1 heterocycles. The van der Waals surface area contributed by atoms with Crippen LogP contribution in [0.2, 0.25) is 25.7 Å². The number of hydrogen-bond acceptors (Lipinski definition) is 2. The van der Waals surface area contributed by atoms with E-state index in [2.05, 4.69) is 24.6 Å². The largest absolute Gasteiger partial charge is 0.361 e. The Morgan fingerprint density at radius 1 is 1.50 bits per heavy atom. The Hall–Kier alpha value is -0.548. The zero-order valence-electron chi connectivity index (χ0n) is 9.58. The lowest BCUT2D eigenvalue weighted by Crippen LogP contribution is -2.23. The van der Waals surface area contributed by atoms with Gasteiger partial charge in [0.25, 0.3) is 0 Å².